The molecule has 0 aliphatic rings. The number of aliphatic hydroxyl groups is 2. The van der Waals surface area contributed by atoms with Gasteiger partial charge in [-0.05, 0) is 36.9 Å². The molecule has 30 heavy (non-hydrogen) atoms. The molecule has 0 spiro atoms. The molecule has 0 aliphatic carbocycles. The van der Waals surface area contributed by atoms with Gasteiger partial charge in [0.2, 0.25) is 0 Å². The molecule has 0 fully saturated rings. The average molecular weight is 584 g/mol. The molecule has 2 N–H and O–H groups in total. The second-order valence-corrected chi connectivity index (χ2v) is 8.29. The zero-order valence-corrected chi connectivity index (χ0v) is 20.7. The molecule has 3 rings (SSSR count). The number of aliphatic hydroxyl groups excluding tert-OH is 2. The molecular weight excluding hydrogens is 553 g/mol. The second-order valence-electron chi connectivity index (χ2n) is 8.29. The normalized spacial score (nSPS) is 12.8. The van der Waals surface area contributed by atoms with E-state index in [9.17, 15) is 0 Å². The number of nitrogens with zero attached hydrogens (tertiary/aromatic N) is 2. The van der Waals surface area contributed by atoms with E-state index in [2.05, 4.69) is 61.1 Å². The monoisotopic (exact) mass is 584 g/mol. The van der Waals surface area contributed by atoms with Gasteiger partial charge in [-0.15, -0.1) is 35.9 Å². The van der Waals surface area contributed by atoms with Gasteiger partial charge in [-0.25, -0.2) is 4.98 Å². The van der Waals surface area contributed by atoms with E-state index in [0.29, 0.717) is 6.42 Å². The van der Waals surface area contributed by atoms with Gasteiger partial charge in [-0.1, -0.05) is 51.1 Å². The maximum absolute atomic E-state index is 8.56. The third-order valence-corrected chi connectivity index (χ3v) is 4.35. The van der Waals surface area contributed by atoms with Gasteiger partial charge in [0.1, 0.15) is 6.33 Å². The molecule has 0 saturated heterocycles. The molecule has 2 atom stereocenters. The van der Waals surface area contributed by atoms with Gasteiger partial charge < -0.3 is 10.2 Å². The van der Waals surface area contributed by atoms with Gasteiger partial charge in [0.05, 0.1) is 17.9 Å². The first-order valence-electron chi connectivity index (χ1n) is 9.93. The Bertz CT molecular complexity index is 885. The summed E-state index contributed by atoms with van der Waals surface area (Å²) < 4.78 is 0. The van der Waals surface area contributed by atoms with E-state index in [1.807, 2.05) is 30.3 Å². The molecule has 1 radical (unpaired) electrons. The average Bonchev–Trinajstić information content (AvgIpc) is 2.67. The maximum atomic E-state index is 8.56. The minimum atomic E-state index is -0.375. The molecule has 1 aromatic heterocycles. The molecule has 1 heterocycles. The molecule has 2 aromatic carbocycles. The third kappa shape index (κ3) is 8.08. The SMILES string of the molecule is CC(C)(C)c1ccccc1-c1cc(-c2[c-]cccc2)ncn1.CC(O)CC(C)O.[Ir]. The van der Waals surface area contributed by atoms with Crippen molar-refractivity contribution in [1.29, 1.82) is 0 Å². The predicted octanol–water partition coefficient (Wildman–Crippen LogP) is 5.04. The van der Waals surface area contributed by atoms with Crippen LogP contribution in [0.15, 0.2) is 60.9 Å². The van der Waals surface area contributed by atoms with Crippen molar-refractivity contribution in [1.82, 2.24) is 9.97 Å². The van der Waals surface area contributed by atoms with Gasteiger partial charge in [0, 0.05) is 25.7 Å². The van der Waals surface area contributed by atoms with Crippen molar-refractivity contribution in [3.05, 3.63) is 72.6 Å². The van der Waals surface area contributed by atoms with Crippen LogP contribution in [-0.4, -0.2) is 32.4 Å². The van der Waals surface area contributed by atoms with E-state index in [1.165, 1.54) is 5.56 Å². The van der Waals surface area contributed by atoms with Gasteiger partial charge in [-0.3, -0.25) is 4.98 Å². The van der Waals surface area contributed by atoms with Gasteiger partial charge >= 0.3 is 0 Å². The fraction of sp³-hybridized carbons (Fsp3) is 0.360. The van der Waals surface area contributed by atoms with Crippen LogP contribution < -0.4 is 0 Å². The van der Waals surface area contributed by atoms with Gasteiger partial charge in [-0.2, -0.15) is 0 Å². The summed E-state index contributed by atoms with van der Waals surface area (Å²) in [5.74, 6) is 0. The quantitative estimate of drug-likeness (QED) is 0.423. The van der Waals surface area contributed by atoms with E-state index in [-0.39, 0.29) is 37.7 Å². The molecule has 5 heteroatoms. The smallest absolute Gasteiger partial charge is 0.106 e. The Morgan fingerprint density at radius 2 is 1.50 bits per heavy atom. The van der Waals surface area contributed by atoms with Crippen LogP contribution >= 0.6 is 0 Å². The summed E-state index contributed by atoms with van der Waals surface area (Å²) in [6.45, 7) is 9.98. The zero-order valence-electron chi connectivity index (χ0n) is 18.3. The van der Waals surface area contributed by atoms with Crippen LogP contribution in [0.2, 0.25) is 0 Å². The van der Waals surface area contributed by atoms with Crippen LogP contribution in [0.1, 0.15) is 46.6 Å². The Morgan fingerprint density at radius 3 is 2.03 bits per heavy atom. The van der Waals surface area contributed by atoms with E-state index >= 15 is 0 Å². The third-order valence-electron chi connectivity index (χ3n) is 4.35. The van der Waals surface area contributed by atoms with Crippen molar-refractivity contribution in [3.63, 3.8) is 0 Å². The molecule has 4 nitrogen and oxygen atoms in total. The van der Waals surface area contributed by atoms with Crippen LogP contribution in [0.4, 0.5) is 0 Å². The topological polar surface area (TPSA) is 66.2 Å². The number of benzene rings is 2. The van der Waals surface area contributed by atoms with Crippen molar-refractivity contribution in [2.45, 2.75) is 58.7 Å². The van der Waals surface area contributed by atoms with E-state index < -0.39 is 0 Å². The van der Waals surface area contributed by atoms with Crippen LogP contribution in [0.3, 0.4) is 0 Å². The number of aromatic nitrogens is 2. The summed E-state index contributed by atoms with van der Waals surface area (Å²) >= 11 is 0. The largest absolute Gasteiger partial charge is 0.393 e. The van der Waals surface area contributed by atoms with E-state index in [0.717, 1.165) is 22.5 Å². The molecule has 0 amide bonds. The summed E-state index contributed by atoms with van der Waals surface area (Å²) in [6, 6.07) is 21.6. The molecule has 163 valence electrons. The standard InChI is InChI=1S/C20H19N2.C5H12O2.Ir/c1-20(2,3)17-12-8-7-11-16(17)19-13-18(21-14-22-19)15-9-5-4-6-10-15;1-4(6)3-5(2)7;/h4-9,11-14H,1-3H3;4-7H,3H2,1-2H3;/q-1;;. The fourth-order valence-corrected chi connectivity index (χ4v) is 3.06. The maximum Gasteiger partial charge on any atom is 0.106 e. The Hall–Kier alpha value is -1.91. The minimum Gasteiger partial charge on any atom is -0.393 e. The number of hydrogen-bond acceptors (Lipinski definition) is 4. The van der Waals surface area contributed by atoms with Crippen molar-refractivity contribution < 1.29 is 30.3 Å². The van der Waals surface area contributed by atoms with Crippen LogP contribution in [0, 0.1) is 6.07 Å². The molecular formula is C25H31IrN2O2-. The van der Waals surface area contributed by atoms with Gasteiger partial charge in [0.25, 0.3) is 0 Å². The first kappa shape index (κ1) is 26.1. The molecule has 0 bridgehead atoms. The van der Waals surface area contributed by atoms with Crippen molar-refractivity contribution in [2.24, 2.45) is 0 Å². The molecule has 2 unspecified atom stereocenters. The molecule has 0 saturated carbocycles. The second kappa shape index (κ2) is 12.1. The number of hydrogen-bond donors (Lipinski definition) is 2. The summed E-state index contributed by atoms with van der Waals surface area (Å²) in [7, 11) is 0. The summed E-state index contributed by atoms with van der Waals surface area (Å²) in [5, 5.41) is 17.1. The Kier molecular flexibility index (Phi) is 10.5. The van der Waals surface area contributed by atoms with Crippen molar-refractivity contribution in [3.8, 4) is 22.5 Å². The van der Waals surface area contributed by atoms with Gasteiger partial charge in [0.15, 0.2) is 0 Å². The summed E-state index contributed by atoms with van der Waals surface area (Å²) in [6.07, 6.45) is 1.35. The zero-order chi connectivity index (χ0) is 21.4. The van der Waals surface area contributed by atoms with Crippen LogP contribution in [0.5, 0.6) is 0 Å². The minimum absolute atomic E-state index is 0. The van der Waals surface area contributed by atoms with Crippen LogP contribution in [-0.2, 0) is 25.5 Å². The van der Waals surface area contributed by atoms with Crippen molar-refractivity contribution in [2.75, 3.05) is 0 Å². The van der Waals surface area contributed by atoms with E-state index in [4.69, 9.17) is 10.2 Å². The molecule has 0 aliphatic heterocycles. The van der Waals surface area contributed by atoms with E-state index in [1.54, 1.807) is 20.2 Å². The first-order chi connectivity index (χ1) is 13.7. The van der Waals surface area contributed by atoms with Crippen LogP contribution in [0.25, 0.3) is 22.5 Å². The first-order valence-corrected chi connectivity index (χ1v) is 9.93. The Balaban J connectivity index is 0.000000489. The Morgan fingerprint density at radius 1 is 0.900 bits per heavy atom. The molecule has 3 aromatic rings. The van der Waals surface area contributed by atoms with Crippen molar-refractivity contribution >= 4 is 0 Å². The predicted molar refractivity (Wildman–Crippen MR) is 118 cm³/mol. The summed E-state index contributed by atoms with van der Waals surface area (Å²) in [5.41, 5.74) is 5.35. The summed E-state index contributed by atoms with van der Waals surface area (Å²) in [4.78, 5) is 8.87. The Labute approximate surface area is 193 Å². The number of rotatable bonds is 4. The fourth-order valence-electron chi connectivity index (χ4n) is 3.06.